The van der Waals surface area contributed by atoms with Crippen molar-refractivity contribution in [2.45, 2.75) is 12.7 Å². The number of benzene rings is 3. The van der Waals surface area contributed by atoms with Gasteiger partial charge in [-0.1, -0.05) is 40.2 Å². The lowest BCUT2D eigenvalue weighted by Crippen LogP contribution is -2.19. The fraction of sp³-hybridized carbons (Fsp3) is 0.0870. The van der Waals surface area contributed by atoms with Crippen molar-refractivity contribution in [2.75, 3.05) is 5.32 Å². The average Bonchev–Trinajstić information content (AvgIpc) is 3.12. The summed E-state index contributed by atoms with van der Waals surface area (Å²) < 4.78 is 32.5. The number of nitrogens with one attached hydrogen (secondary N) is 1. The molecule has 4 aromatic rings. The minimum absolute atomic E-state index is 0.0752. The minimum Gasteiger partial charge on any atom is -0.435 e. The molecule has 1 aliphatic rings. The molecule has 0 saturated carbocycles. The number of fused-ring (bicyclic) bond motifs is 3. The van der Waals surface area contributed by atoms with E-state index < -0.39 is 6.61 Å². The molecule has 0 aliphatic carbocycles. The number of anilines is 1. The van der Waals surface area contributed by atoms with Crippen LogP contribution in [-0.4, -0.2) is 16.2 Å². The van der Waals surface area contributed by atoms with Gasteiger partial charge in [0.25, 0.3) is 0 Å². The fourth-order valence-corrected chi connectivity index (χ4v) is 3.96. The lowest BCUT2D eigenvalue weighted by molar-refractivity contribution is -0.0498. The molecule has 1 N–H and O–H groups in total. The Bertz CT molecular complexity index is 1230. The van der Waals surface area contributed by atoms with Crippen molar-refractivity contribution in [3.05, 3.63) is 94.5 Å². The molecule has 1 atom stereocenters. The van der Waals surface area contributed by atoms with Gasteiger partial charge < -0.3 is 10.1 Å². The molecule has 1 aromatic heterocycles. The second-order valence-electron chi connectivity index (χ2n) is 6.90. The van der Waals surface area contributed by atoms with Crippen LogP contribution in [0.25, 0.3) is 16.7 Å². The number of hydrogen-bond acceptors (Lipinski definition) is 3. The third kappa shape index (κ3) is 3.45. The quantitative estimate of drug-likeness (QED) is 0.374. The van der Waals surface area contributed by atoms with E-state index in [1.807, 2.05) is 30.3 Å². The van der Waals surface area contributed by atoms with Gasteiger partial charge in [0, 0.05) is 10.2 Å². The van der Waals surface area contributed by atoms with Crippen LogP contribution in [0, 0.1) is 0 Å². The highest BCUT2D eigenvalue weighted by atomic mass is 79.9. The molecule has 4 nitrogen and oxygen atoms in total. The highest BCUT2D eigenvalue weighted by molar-refractivity contribution is 9.10. The molecule has 30 heavy (non-hydrogen) atoms. The lowest BCUT2D eigenvalue weighted by Gasteiger charge is -2.26. The smallest absolute Gasteiger partial charge is 0.387 e. The van der Waals surface area contributed by atoms with Gasteiger partial charge in [0.15, 0.2) is 0 Å². The van der Waals surface area contributed by atoms with Crippen molar-refractivity contribution in [3.8, 4) is 5.75 Å². The highest BCUT2D eigenvalue weighted by Crippen LogP contribution is 2.37. The second-order valence-corrected chi connectivity index (χ2v) is 7.81. The van der Waals surface area contributed by atoms with Crippen LogP contribution in [0.3, 0.4) is 0 Å². The molecule has 0 radical (unpaired) electrons. The van der Waals surface area contributed by atoms with Crippen molar-refractivity contribution in [2.24, 2.45) is 0 Å². The van der Waals surface area contributed by atoms with E-state index >= 15 is 0 Å². The molecule has 0 bridgehead atoms. The average molecular weight is 468 g/mol. The largest absolute Gasteiger partial charge is 0.435 e. The standard InChI is InChI=1S/C23H16BrF2N3O/c24-16-9-5-15(6-10-16)21-13-19(14-7-11-17(12-8-14)30-22(25)26)28-23-27-18-3-1-2-4-20(18)29(21)23/h1-13,21-22H,(H,27,28)/t21-/m0/s1. The van der Waals surface area contributed by atoms with Crippen LogP contribution in [0.4, 0.5) is 14.7 Å². The highest BCUT2D eigenvalue weighted by Gasteiger charge is 2.25. The zero-order valence-corrected chi connectivity index (χ0v) is 17.2. The number of para-hydroxylation sites is 2. The molecule has 0 unspecified atom stereocenters. The van der Waals surface area contributed by atoms with Gasteiger partial charge in [0.05, 0.1) is 17.1 Å². The van der Waals surface area contributed by atoms with Crippen molar-refractivity contribution in [1.29, 1.82) is 0 Å². The normalized spacial score (nSPS) is 15.6. The molecule has 0 saturated heterocycles. The Morgan fingerprint density at radius 2 is 1.70 bits per heavy atom. The maximum absolute atomic E-state index is 12.4. The van der Waals surface area contributed by atoms with Gasteiger partial charge in [0.1, 0.15) is 5.75 Å². The van der Waals surface area contributed by atoms with Gasteiger partial charge in [-0.25, -0.2) is 4.98 Å². The van der Waals surface area contributed by atoms with Crippen LogP contribution in [0.2, 0.25) is 0 Å². The molecule has 5 rings (SSSR count). The van der Waals surface area contributed by atoms with E-state index in [4.69, 9.17) is 4.98 Å². The SMILES string of the molecule is FC(F)Oc1ccc(C2=C[C@@H](c3ccc(Br)cc3)n3c(nc4ccccc43)N2)cc1. The molecule has 0 fully saturated rings. The van der Waals surface area contributed by atoms with E-state index in [1.165, 1.54) is 12.1 Å². The molecule has 0 amide bonds. The first kappa shape index (κ1) is 18.8. The number of halogens is 3. The second kappa shape index (κ2) is 7.57. The molecule has 0 spiro atoms. The molecular formula is C23H16BrF2N3O. The van der Waals surface area contributed by atoms with E-state index in [1.54, 1.807) is 12.1 Å². The van der Waals surface area contributed by atoms with Crippen LogP contribution < -0.4 is 10.1 Å². The molecule has 1 aliphatic heterocycles. The summed E-state index contributed by atoms with van der Waals surface area (Å²) in [5.74, 6) is 0.858. The summed E-state index contributed by atoms with van der Waals surface area (Å²) in [5, 5.41) is 3.39. The van der Waals surface area contributed by atoms with E-state index in [-0.39, 0.29) is 11.8 Å². The third-order valence-electron chi connectivity index (χ3n) is 5.05. The number of rotatable bonds is 4. The maximum Gasteiger partial charge on any atom is 0.387 e. The Balaban J connectivity index is 1.60. The van der Waals surface area contributed by atoms with E-state index in [0.717, 1.165) is 38.3 Å². The summed E-state index contributed by atoms with van der Waals surface area (Å²) in [7, 11) is 0. The van der Waals surface area contributed by atoms with Crippen molar-refractivity contribution in [3.63, 3.8) is 0 Å². The number of allylic oxidation sites excluding steroid dienone is 1. The summed E-state index contributed by atoms with van der Waals surface area (Å²) in [4.78, 5) is 4.76. The Kier molecular flexibility index (Phi) is 4.75. The topological polar surface area (TPSA) is 39.1 Å². The third-order valence-corrected chi connectivity index (χ3v) is 5.58. The Morgan fingerprint density at radius 1 is 0.967 bits per heavy atom. The van der Waals surface area contributed by atoms with Gasteiger partial charge in [-0.3, -0.25) is 4.57 Å². The summed E-state index contributed by atoms with van der Waals surface area (Å²) in [6, 6.07) is 22.7. The first-order chi connectivity index (χ1) is 14.6. The molecule has 3 aromatic carbocycles. The molecule has 150 valence electrons. The zero-order valence-electron chi connectivity index (χ0n) is 15.6. The fourth-order valence-electron chi connectivity index (χ4n) is 3.70. The van der Waals surface area contributed by atoms with Gasteiger partial charge >= 0.3 is 6.61 Å². The number of aromatic nitrogens is 2. The van der Waals surface area contributed by atoms with Crippen molar-refractivity contribution in [1.82, 2.24) is 9.55 Å². The number of nitrogens with zero attached hydrogens (tertiary/aromatic N) is 2. The maximum atomic E-state index is 12.4. The number of imidazole rings is 1. The Labute approximate surface area is 179 Å². The summed E-state index contributed by atoms with van der Waals surface area (Å²) in [6.45, 7) is -2.84. The van der Waals surface area contributed by atoms with E-state index in [0.29, 0.717) is 0 Å². The summed E-state index contributed by atoms with van der Waals surface area (Å²) >= 11 is 3.49. The molecule has 2 heterocycles. The predicted molar refractivity (Wildman–Crippen MR) is 117 cm³/mol. The van der Waals surface area contributed by atoms with E-state index in [9.17, 15) is 8.78 Å². The Morgan fingerprint density at radius 3 is 2.43 bits per heavy atom. The molecular weight excluding hydrogens is 452 g/mol. The van der Waals surface area contributed by atoms with Crippen molar-refractivity contribution >= 4 is 38.6 Å². The number of hydrogen-bond donors (Lipinski definition) is 1. The lowest BCUT2D eigenvalue weighted by atomic mass is 10.0. The van der Waals surface area contributed by atoms with Gasteiger partial charge in [-0.05, 0) is 65.7 Å². The van der Waals surface area contributed by atoms with Crippen LogP contribution in [-0.2, 0) is 0 Å². The van der Waals surface area contributed by atoms with Crippen molar-refractivity contribution < 1.29 is 13.5 Å². The van der Waals surface area contributed by atoms with Crippen LogP contribution in [0.15, 0.2) is 83.3 Å². The zero-order chi connectivity index (χ0) is 20.7. The number of ether oxygens (including phenoxy) is 1. The van der Waals surface area contributed by atoms with Crippen LogP contribution >= 0.6 is 15.9 Å². The monoisotopic (exact) mass is 467 g/mol. The van der Waals surface area contributed by atoms with Gasteiger partial charge in [-0.15, -0.1) is 0 Å². The predicted octanol–water partition coefficient (Wildman–Crippen LogP) is 6.46. The van der Waals surface area contributed by atoms with Gasteiger partial charge in [-0.2, -0.15) is 8.78 Å². The van der Waals surface area contributed by atoms with E-state index in [2.05, 4.69) is 54.8 Å². The first-order valence-corrected chi connectivity index (χ1v) is 10.1. The van der Waals surface area contributed by atoms with Crippen LogP contribution in [0.5, 0.6) is 5.75 Å². The first-order valence-electron chi connectivity index (χ1n) is 9.35. The summed E-state index contributed by atoms with van der Waals surface area (Å²) in [5.41, 5.74) is 4.76. The number of alkyl halides is 2. The van der Waals surface area contributed by atoms with Crippen LogP contribution in [0.1, 0.15) is 17.2 Å². The molecule has 7 heteroatoms. The summed E-state index contributed by atoms with van der Waals surface area (Å²) in [6.07, 6.45) is 2.12. The minimum atomic E-state index is -2.84. The Hall–Kier alpha value is -3.19. The van der Waals surface area contributed by atoms with Gasteiger partial charge in [0.2, 0.25) is 5.95 Å².